The van der Waals surface area contributed by atoms with Crippen molar-refractivity contribution in [3.63, 3.8) is 0 Å². The standard InChI is InChI=1S/C19H23N3O7S2/c1-20-30(24,25)15-5-3-14(4-6-15)22-19(23)9-10-21-31(26,27)16-7-8-17-18(13-16)29-12-2-11-28-17/h3-8,13,20-21H,2,9-12H2,1H3,(H,22,23). The van der Waals surface area contributed by atoms with Crippen molar-refractivity contribution in [2.45, 2.75) is 22.6 Å². The Morgan fingerprint density at radius 1 is 0.903 bits per heavy atom. The van der Waals surface area contributed by atoms with E-state index in [9.17, 15) is 21.6 Å². The van der Waals surface area contributed by atoms with Crippen molar-refractivity contribution in [2.75, 3.05) is 32.1 Å². The van der Waals surface area contributed by atoms with Crippen molar-refractivity contribution in [3.05, 3.63) is 42.5 Å². The van der Waals surface area contributed by atoms with Gasteiger partial charge >= 0.3 is 0 Å². The Hall–Kier alpha value is -2.67. The maximum atomic E-state index is 12.5. The van der Waals surface area contributed by atoms with Crippen LogP contribution in [0.3, 0.4) is 0 Å². The minimum absolute atomic E-state index is 0.0125. The fourth-order valence-corrected chi connectivity index (χ4v) is 4.53. The molecule has 0 fully saturated rings. The zero-order valence-electron chi connectivity index (χ0n) is 16.8. The molecule has 168 valence electrons. The summed E-state index contributed by atoms with van der Waals surface area (Å²) in [5.41, 5.74) is 0.394. The lowest BCUT2D eigenvalue weighted by molar-refractivity contribution is -0.116. The molecule has 0 radical (unpaired) electrons. The molecule has 0 bridgehead atoms. The molecule has 31 heavy (non-hydrogen) atoms. The fourth-order valence-electron chi connectivity index (χ4n) is 2.75. The molecule has 1 aliphatic rings. The van der Waals surface area contributed by atoms with Crippen LogP contribution >= 0.6 is 0 Å². The van der Waals surface area contributed by atoms with Crippen molar-refractivity contribution < 1.29 is 31.1 Å². The smallest absolute Gasteiger partial charge is 0.240 e. The summed E-state index contributed by atoms with van der Waals surface area (Å²) in [4.78, 5) is 12.2. The summed E-state index contributed by atoms with van der Waals surface area (Å²) in [6.07, 6.45) is 0.596. The molecular formula is C19H23N3O7S2. The molecule has 0 aromatic heterocycles. The molecular weight excluding hydrogens is 446 g/mol. The van der Waals surface area contributed by atoms with Crippen LogP contribution in [-0.2, 0) is 24.8 Å². The van der Waals surface area contributed by atoms with Crippen molar-refractivity contribution in [1.82, 2.24) is 9.44 Å². The van der Waals surface area contributed by atoms with Crippen LogP contribution in [0.4, 0.5) is 5.69 Å². The molecule has 2 aromatic carbocycles. The molecule has 0 spiro atoms. The van der Waals surface area contributed by atoms with Crippen LogP contribution < -0.4 is 24.2 Å². The Labute approximate surface area is 181 Å². The van der Waals surface area contributed by atoms with Crippen LogP contribution in [0.2, 0.25) is 0 Å². The normalized spacial score (nSPS) is 14.0. The number of rotatable bonds is 8. The second-order valence-electron chi connectivity index (χ2n) is 6.59. The molecule has 1 heterocycles. The van der Waals surface area contributed by atoms with Crippen molar-refractivity contribution in [3.8, 4) is 11.5 Å². The van der Waals surface area contributed by atoms with Crippen LogP contribution in [0.5, 0.6) is 11.5 Å². The Morgan fingerprint density at radius 3 is 2.23 bits per heavy atom. The highest BCUT2D eigenvalue weighted by Gasteiger charge is 2.19. The molecule has 0 saturated heterocycles. The molecule has 0 atom stereocenters. The number of hydrogen-bond donors (Lipinski definition) is 3. The Balaban J connectivity index is 1.54. The van der Waals surface area contributed by atoms with Crippen LogP contribution in [0, 0.1) is 0 Å². The van der Waals surface area contributed by atoms with E-state index in [-0.39, 0.29) is 22.8 Å². The van der Waals surface area contributed by atoms with E-state index in [4.69, 9.17) is 9.47 Å². The highest BCUT2D eigenvalue weighted by Crippen LogP contribution is 2.31. The molecule has 12 heteroatoms. The summed E-state index contributed by atoms with van der Waals surface area (Å²) >= 11 is 0. The number of benzene rings is 2. The lowest BCUT2D eigenvalue weighted by Crippen LogP contribution is -2.28. The van der Waals surface area contributed by atoms with Gasteiger partial charge in [0.25, 0.3) is 0 Å². The summed E-state index contributed by atoms with van der Waals surface area (Å²) in [5, 5.41) is 2.59. The van der Waals surface area contributed by atoms with Gasteiger partial charge in [-0.25, -0.2) is 26.3 Å². The van der Waals surface area contributed by atoms with Gasteiger partial charge in [-0.15, -0.1) is 0 Å². The number of amides is 1. The van der Waals surface area contributed by atoms with E-state index in [1.54, 1.807) is 6.07 Å². The SMILES string of the molecule is CNS(=O)(=O)c1ccc(NC(=O)CCNS(=O)(=O)c2ccc3c(c2)OCCCO3)cc1. The molecule has 0 aliphatic carbocycles. The van der Waals surface area contributed by atoms with E-state index in [0.717, 1.165) is 0 Å². The summed E-state index contributed by atoms with van der Waals surface area (Å²) in [6, 6.07) is 9.96. The minimum atomic E-state index is -3.84. The average Bonchev–Trinajstić information content (AvgIpc) is 2.99. The number of carbonyl (C=O) groups is 1. The minimum Gasteiger partial charge on any atom is -0.490 e. The van der Waals surface area contributed by atoms with Gasteiger partial charge < -0.3 is 14.8 Å². The molecule has 0 saturated carbocycles. The maximum Gasteiger partial charge on any atom is 0.240 e. The molecule has 2 aromatic rings. The number of carbonyl (C=O) groups excluding carboxylic acids is 1. The van der Waals surface area contributed by atoms with Gasteiger partial charge in [-0.3, -0.25) is 4.79 Å². The molecule has 3 rings (SSSR count). The predicted octanol–water partition coefficient (Wildman–Crippen LogP) is 1.06. The third kappa shape index (κ3) is 5.94. The van der Waals surface area contributed by atoms with Gasteiger partial charge in [0, 0.05) is 31.1 Å². The predicted molar refractivity (Wildman–Crippen MR) is 113 cm³/mol. The van der Waals surface area contributed by atoms with Gasteiger partial charge in [0.05, 0.1) is 23.0 Å². The van der Waals surface area contributed by atoms with Gasteiger partial charge in [0.1, 0.15) is 0 Å². The summed E-state index contributed by atoms with van der Waals surface area (Å²) < 4.78 is 64.0. The van der Waals surface area contributed by atoms with Gasteiger partial charge in [0.2, 0.25) is 26.0 Å². The summed E-state index contributed by atoms with van der Waals surface area (Å²) in [5.74, 6) is 0.428. The van der Waals surface area contributed by atoms with E-state index in [1.807, 2.05) is 0 Å². The van der Waals surface area contributed by atoms with E-state index in [2.05, 4.69) is 14.8 Å². The first-order chi connectivity index (χ1) is 14.7. The Morgan fingerprint density at radius 2 is 1.55 bits per heavy atom. The van der Waals surface area contributed by atoms with Gasteiger partial charge in [-0.2, -0.15) is 0 Å². The lowest BCUT2D eigenvalue weighted by atomic mass is 10.3. The zero-order chi connectivity index (χ0) is 22.5. The third-order valence-corrected chi connectivity index (χ3v) is 7.28. The summed E-state index contributed by atoms with van der Waals surface area (Å²) in [6.45, 7) is 0.821. The average molecular weight is 470 g/mol. The summed E-state index contributed by atoms with van der Waals surface area (Å²) in [7, 11) is -6.10. The number of anilines is 1. The maximum absolute atomic E-state index is 12.5. The fraction of sp³-hybridized carbons (Fsp3) is 0.316. The molecule has 1 aliphatic heterocycles. The highest BCUT2D eigenvalue weighted by molar-refractivity contribution is 7.89. The first kappa shape index (κ1) is 23.0. The van der Waals surface area contributed by atoms with E-state index in [0.29, 0.717) is 36.8 Å². The van der Waals surface area contributed by atoms with Crippen molar-refractivity contribution >= 4 is 31.6 Å². The third-order valence-electron chi connectivity index (χ3n) is 4.39. The molecule has 0 unspecified atom stereocenters. The quantitative estimate of drug-likeness (QED) is 0.525. The van der Waals surface area contributed by atoms with E-state index < -0.39 is 26.0 Å². The largest absolute Gasteiger partial charge is 0.490 e. The Kier molecular flexibility index (Phi) is 7.15. The molecule has 1 amide bonds. The first-order valence-corrected chi connectivity index (χ1v) is 12.4. The van der Waals surface area contributed by atoms with Crippen molar-refractivity contribution in [2.24, 2.45) is 0 Å². The van der Waals surface area contributed by atoms with Crippen molar-refractivity contribution in [1.29, 1.82) is 0 Å². The second-order valence-corrected chi connectivity index (χ2v) is 10.2. The molecule has 3 N–H and O–H groups in total. The van der Waals surface area contributed by atoms with E-state index >= 15 is 0 Å². The van der Waals surface area contributed by atoms with Gasteiger partial charge in [-0.1, -0.05) is 0 Å². The van der Waals surface area contributed by atoms with Crippen LogP contribution in [-0.4, -0.2) is 49.5 Å². The van der Waals surface area contributed by atoms with Gasteiger partial charge in [-0.05, 0) is 43.4 Å². The van der Waals surface area contributed by atoms with Crippen LogP contribution in [0.15, 0.2) is 52.3 Å². The van der Waals surface area contributed by atoms with Crippen LogP contribution in [0.25, 0.3) is 0 Å². The second kappa shape index (κ2) is 9.64. The number of nitrogens with one attached hydrogen (secondary N) is 3. The van der Waals surface area contributed by atoms with Gasteiger partial charge in [0.15, 0.2) is 11.5 Å². The zero-order valence-corrected chi connectivity index (χ0v) is 18.4. The topological polar surface area (TPSA) is 140 Å². The highest BCUT2D eigenvalue weighted by atomic mass is 32.2. The molecule has 10 nitrogen and oxygen atoms in total. The number of ether oxygens (including phenoxy) is 2. The first-order valence-electron chi connectivity index (χ1n) is 9.44. The van der Waals surface area contributed by atoms with E-state index in [1.165, 1.54) is 43.4 Å². The number of hydrogen-bond acceptors (Lipinski definition) is 7. The monoisotopic (exact) mass is 469 g/mol. The number of sulfonamides is 2. The lowest BCUT2D eigenvalue weighted by Gasteiger charge is -2.11. The number of fused-ring (bicyclic) bond motifs is 1. The Bertz CT molecular complexity index is 1150. The van der Waals surface area contributed by atoms with Crippen LogP contribution in [0.1, 0.15) is 12.8 Å².